The van der Waals surface area contributed by atoms with Gasteiger partial charge < -0.3 is 24.8 Å². The van der Waals surface area contributed by atoms with E-state index in [-0.39, 0.29) is 24.4 Å². The van der Waals surface area contributed by atoms with E-state index < -0.39 is 6.03 Å². The first-order valence-corrected chi connectivity index (χ1v) is 16.3. The van der Waals surface area contributed by atoms with Crippen molar-refractivity contribution in [3.05, 3.63) is 82.9 Å². The second-order valence-corrected chi connectivity index (χ2v) is 12.0. The van der Waals surface area contributed by atoms with Crippen LogP contribution >= 0.6 is 11.6 Å². The smallest absolute Gasteiger partial charge is 0.323 e. The number of methoxy groups -OCH3 is 1. The van der Waals surface area contributed by atoms with Gasteiger partial charge in [0, 0.05) is 39.1 Å². The highest BCUT2D eigenvalue weighted by Crippen LogP contribution is 2.30. The van der Waals surface area contributed by atoms with Crippen LogP contribution in [-0.4, -0.2) is 98.4 Å². The molecule has 0 saturated carbocycles. The molecule has 250 valence electrons. The third-order valence-corrected chi connectivity index (χ3v) is 8.59. The SMILES string of the molecule is CCOC(=O)CN1CCN(CN2CCC[C@@H]2Oc2ccccc2C(=O)Cc2ccc(NC(=O)Nc3ccccc3Cl)c(OC)c2)CC1. The van der Waals surface area contributed by atoms with Crippen LogP contribution in [0.15, 0.2) is 66.7 Å². The second kappa shape index (κ2) is 16.6. The largest absolute Gasteiger partial charge is 0.495 e. The molecule has 12 heteroatoms. The van der Waals surface area contributed by atoms with E-state index in [1.54, 1.807) is 48.5 Å². The summed E-state index contributed by atoms with van der Waals surface area (Å²) in [7, 11) is 1.51. The quantitative estimate of drug-likeness (QED) is 0.184. The molecule has 2 heterocycles. The predicted molar refractivity (Wildman–Crippen MR) is 181 cm³/mol. The van der Waals surface area contributed by atoms with Gasteiger partial charge in [-0.2, -0.15) is 0 Å². The number of urea groups is 1. The molecule has 47 heavy (non-hydrogen) atoms. The number of para-hydroxylation sites is 2. The number of carbonyl (C=O) groups excluding carboxylic acids is 3. The van der Waals surface area contributed by atoms with Gasteiger partial charge in [0.2, 0.25) is 0 Å². The first-order valence-electron chi connectivity index (χ1n) is 16.0. The zero-order chi connectivity index (χ0) is 33.2. The van der Waals surface area contributed by atoms with Gasteiger partial charge in [-0.3, -0.25) is 24.3 Å². The molecule has 2 saturated heterocycles. The van der Waals surface area contributed by atoms with Crippen molar-refractivity contribution in [1.82, 2.24) is 14.7 Å². The molecule has 0 radical (unpaired) electrons. The highest BCUT2D eigenvalue weighted by atomic mass is 35.5. The molecule has 3 aromatic carbocycles. The van der Waals surface area contributed by atoms with Crippen molar-refractivity contribution in [2.24, 2.45) is 0 Å². The number of anilines is 2. The number of hydrogen-bond donors (Lipinski definition) is 2. The number of ether oxygens (including phenoxy) is 3. The number of halogens is 1. The van der Waals surface area contributed by atoms with Crippen LogP contribution in [0.2, 0.25) is 5.02 Å². The number of rotatable bonds is 13. The molecule has 5 rings (SSSR count). The Morgan fingerprint density at radius 3 is 2.36 bits per heavy atom. The lowest BCUT2D eigenvalue weighted by Gasteiger charge is -2.37. The first-order chi connectivity index (χ1) is 22.8. The van der Waals surface area contributed by atoms with Crippen LogP contribution < -0.4 is 20.1 Å². The standard InChI is InChI=1S/C35H42ClN5O6/c1-3-46-34(43)23-39-17-19-40(20-18-39)24-41-16-8-13-33(41)47-31-12-7-4-9-26(31)30(42)21-25-14-15-29(32(22-25)45-2)38-35(44)37-28-11-6-5-10-27(28)36/h4-7,9-12,14-15,22,33H,3,8,13,16-21,23-24H2,1-2H3,(H2,37,38,44)/t33-/m0/s1. The van der Waals surface area contributed by atoms with Gasteiger partial charge in [-0.25, -0.2) is 4.79 Å². The van der Waals surface area contributed by atoms with Crippen molar-refractivity contribution < 1.29 is 28.6 Å². The normalized spacial score (nSPS) is 17.2. The number of ketones is 1. The number of Topliss-reactive ketones (excluding diaryl/α,β-unsaturated/α-hetero) is 1. The summed E-state index contributed by atoms with van der Waals surface area (Å²) >= 11 is 6.15. The predicted octanol–water partition coefficient (Wildman–Crippen LogP) is 5.36. The lowest BCUT2D eigenvalue weighted by Crippen LogP contribution is -2.52. The maximum absolute atomic E-state index is 13.6. The number of nitrogens with one attached hydrogen (secondary N) is 2. The zero-order valence-corrected chi connectivity index (χ0v) is 27.6. The molecule has 2 fully saturated rings. The summed E-state index contributed by atoms with van der Waals surface area (Å²) in [6, 6.07) is 19.1. The molecule has 1 atom stereocenters. The molecular weight excluding hydrogens is 622 g/mol. The summed E-state index contributed by atoms with van der Waals surface area (Å²) in [6.45, 7) is 7.59. The van der Waals surface area contributed by atoms with Crippen molar-refractivity contribution in [2.75, 3.05) is 70.3 Å². The van der Waals surface area contributed by atoms with Crippen LogP contribution in [-0.2, 0) is 16.0 Å². The number of benzene rings is 3. The molecule has 3 aromatic rings. The molecule has 2 N–H and O–H groups in total. The minimum Gasteiger partial charge on any atom is -0.495 e. The van der Waals surface area contributed by atoms with Crippen LogP contribution in [0.3, 0.4) is 0 Å². The Kier molecular flexibility index (Phi) is 12.1. The highest BCUT2D eigenvalue weighted by Gasteiger charge is 2.30. The van der Waals surface area contributed by atoms with E-state index >= 15 is 0 Å². The van der Waals surface area contributed by atoms with Crippen LogP contribution in [0.25, 0.3) is 0 Å². The molecule has 0 aromatic heterocycles. The van der Waals surface area contributed by atoms with E-state index in [0.717, 1.165) is 57.8 Å². The summed E-state index contributed by atoms with van der Waals surface area (Å²) in [5.74, 6) is 0.736. The van der Waals surface area contributed by atoms with Crippen molar-refractivity contribution in [2.45, 2.75) is 32.4 Å². The molecule has 0 bridgehead atoms. The Labute approximate surface area is 280 Å². The summed E-state index contributed by atoms with van der Waals surface area (Å²) in [5, 5.41) is 5.93. The number of carbonyl (C=O) groups is 3. The summed E-state index contributed by atoms with van der Waals surface area (Å²) in [6.07, 6.45) is 1.89. The van der Waals surface area contributed by atoms with Gasteiger partial charge in [0.25, 0.3) is 0 Å². The topological polar surface area (TPSA) is 113 Å². The monoisotopic (exact) mass is 663 g/mol. The third kappa shape index (κ3) is 9.45. The number of likely N-dealkylation sites (tertiary alicyclic amines) is 1. The summed E-state index contributed by atoms with van der Waals surface area (Å²) < 4.78 is 17.1. The van der Waals surface area contributed by atoms with Gasteiger partial charge in [0.15, 0.2) is 12.0 Å². The van der Waals surface area contributed by atoms with E-state index in [1.807, 2.05) is 25.1 Å². The maximum Gasteiger partial charge on any atom is 0.323 e. The zero-order valence-electron chi connectivity index (χ0n) is 26.9. The van der Waals surface area contributed by atoms with Crippen LogP contribution in [0.5, 0.6) is 11.5 Å². The lowest BCUT2D eigenvalue weighted by atomic mass is 10.0. The van der Waals surface area contributed by atoms with E-state index in [0.29, 0.717) is 46.6 Å². The van der Waals surface area contributed by atoms with E-state index in [2.05, 4.69) is 25.3 Å². The fourth-order valence-electron chi connectivity index (χ4n) is 5.84. The average Bonchev–Trinajstić information content (AvgIpc) is 3.50. The minimum atomic E-state index is -0.469. The number of amides is 2. The lowest BCUT2D eigenvalue weighted by molar-refractivity contribution is -0.145. The van der Waals surface area contributed by atoms with Gasteiger partial charge in [-0.15, -0.1) is 0 Å². The summed E-state index contributed by atoms with van der Waals surface area (Å²) in [4.78, 5) is 44.9. The number of nitrogens with zero attached hydrogens (tertiary/aromatic N) is 3. The molecule has 2 amide bonds. The number of hydrogen-bond acceptors (Lipinski definition) is 9. The van der Waals surface area contributed by atoms with E-state index in [9.17, 15) is 14.4 Å². The fourth-order valence-corrected chi connectivity index (χ4v) is 6.02. The van der Waals surface area contributed by atoms with Gasteiger partial charge in [-0.05, 0) is 61.7 Å². The second-order valence-electron chi connectivity index (χ2n) is 11.6. The number of esters is 1. The molecule has 11 nitrogen and oxygen atoms in total. The highest BCUT2D eigenvalue weighted by molar-refractivity contribution is 6.33. The van der Waals surface area contributed by atoms with Gasteiger partial charge in [0.05, 0.1) is 48.9 Å². The fraction of sp³-hybridized carbons (Fsp3) is 0.400. The van der Waals surface area contributed by atoms with Gasteiger partial charge in [-0.1, -0.05) is 41.9 Å². The Morgan fingerprint density at radius 2 is 1.60 bits per heavy atom. The molecule has 0 unspecified atom stereocenters. The van der Waals surface area contributed by atoms with Gasteiger partial charge in [0.1, 0.15) is 11.5 Å². The van der Waals surface area contributed by atoms with Crippen molar-refractivity contribution >= 4 is 40.8 Å². The minimum absolute atomic E-state index is 0.0814. The van der Waals surface area contributed by atoms with E-state index in [4.69, 9.17) is 25.8 Å². The van der Waals surface area contributed by atoms with Crippen LogP contribution in [0.1, 0.15) is 35.7 Å². The number of piperazine rings is 1. The maximum atomic E-state index is 13.6. The van der Waals surface area contributed by atoms with Crippen molar-refractivity contribution in [1.29, 1.82) is 0 Å². The summed E-state index contributed by atoms with van der Waals surface area (Å²) in [5.41, 5.74) is 2.20. The third-order valence-electron chi connectivity index (χ3n) is 8.26. The van der Waals surface area contributed by atoms with E-state index in [1.165, 1.54) is 7.11 Å². The Morgan fingerprint density at radius 1 is 0.872 bits per heavy atom. The van der Waals surface area contributed by atoms with Crippen molar-refractivity contribution in [3.8, 4) is 11.5 Å². The average molecular weight is 664 g/mol. The van der Waals surface area contributed by atoms with Crippen molar-refractivity contribution in [3.63, 3.8) is 0 Å². The van der Waals surface area contributed by atoms with Crippen LogP contribution in [0, 0.1) is 0 Å². The van der Waals surface area contributed by atoms with Gasteiger partial charge >= 0.3 is 12.0 Å². The molecule has 2 aliphatic heterocycles. The Bertz CT molecular complexity index is 1550. The Balaban J connectivity index is 1.17. The Hall–Kier alpha value is -4.16. The first kappa shape index (κ1) is 34.2. The molecule has 0 spiro atoms. The molecular formula is C35H42ClN5O6. The molecule has 0 aliphatic carbocycles. The van der Waals surface area contributed by atoms with Crippen LogP contribution in [0.4, 0.5) is 16.2 Å². The molecule has 2 aliphatic rings.